The second-order valence-electron chi connectivity index (χ2n) is 3.53. The highest BCUT2D eigenvalue weighted by atomic mass is 14.9. The molecule has 0 radical (unpaired) electrons. The van der Waals surface area contributed by atoms with Gasteiger partial charge in [0.2, 0.25) is 0 Å². The van der Waals surface area contributed by atoms with Crippen LogP contribution in [-0.2, 0) is 0 Å². The molecule has 0 heterocycles. The van der Waals surface area contributed by atoms with Crippen molar-refractivity contribution in [2.75, 3.05) is 6.54 Å². The number of hydrogen-bond acceptors (Lipinski definition) is 1. The molecule has 0 aliphatic heterocycles. The van der Waals surface area contributed by atoms with E-state index in [1.54, 1.807) is 0 Å². The van der Waals surface area contributed by atoms with Crippen LogP contribution in [0, 0.1) is 18.3 Å². The van der Waals surface area contributed by atoms with E-state index in [0.29, 0.717) is 5.92 Å². The molecule has 1 N–H and O–H groups in total. The average molecular weight is 151 g/mol. The fourth-order valence-electron chi connectivity index (χ4n) is 1.12. The smallest absolute Gasteiger partial charge is 0.0112 e. The molecule has 1 saturated carbocycles. The molecule has 0 bridgehead atoms. The zero-order valence-electron chi connectivity index (χ0n) is 7.27. The topological polar surface area (TPSA) is 12.0 Å². The van der Waals surface area contributed by atoms with Crippen molar-refractivity contribution in [3.8, 4) is 12.3 Å². The molecule has 1 aliphatic rings. The van der Waals surface area contributed by atoms with Crippen molar-refractivity contribution in [2.45, 2.75) is 38.6 Å². The summed E-state index contributed by atoms with van der Waals surface area (Å²) in [5, 5.41) is 3.48. The van der Waals surface area contributed by atoms with Gasteiger partial charge in [-0.2, -0.15) is 0 Å². The summed E-state index contributed by atoms with van der Waals surface area (Å²) in [5.74, 6) is 3.38. The van der Waals surface area contributed by atoms with Crippen LogP contribution in [0.25, 0.3) is 0 Å². The molecular weight excluding hydrogens is 134 g/mol. The van der Waals surface area contributed by atoms with E-state index in [4.69, 9.17) is 6.42 Å². The van der Waals surface area contributed by atoms with Crippen molar-refractivity contribution >= 4 is 0 Å². The summed E-state index contributed by atoms with van der Waals surface area (Å²) in [6.45, 7) is 3.36. The van der Waals surface area contributed by atoms with Crippen LogP contribution in [0.15, 0.2) is 0 Å². The molecule has 0 spiro atoms. The maximum absolute atomic E-state index is 5.20. The van der Waals surface area contributed by atoms with Crippen molar-refractivity contribution < 1.29 is 0 Å². The molecule has 0 saturated heterocycles. The summed E-state index contributed by atoms with van der Waals surface area (Å²) in [4.78, 5) is 0. The first-order valence-corrected chi connectivity index (χ1v) is 4.49. The summed E-state index contributed by atoms with van der Waals surface area (Å²) >= 11 is 0. The second-order valence-corrected chi connectivity index (χ2v) is 3.53. The van der Waals surface area contributed by atoms with E-state index in [-0.39, 0.29) is 0 Å². The van der Waals surface area contributed by atoms with Gasteiger partial charge in [0, 0.05) is 12.5 Å². The second kappa shape index (κ2) is 4.41. The Labute approximate surface area is 69.6 Å². The molecule has 0 aromatic carbocycles. The monoisotopic (exact) mass is 151 g/mol. The van der Waals surface area contributed by atoms with E-state index in [9.17, 15) is 0 Å². The fraction of sp³-hybridized carbons (Fsp3) is 0.800. The van der Waals surface area contributed by atoms with Crippen molar-refractivity contribution in [1.29, 1.82) is 0 Å². The molecular formula is C10H17N. The largest absolute Gasteiger partial charge is 0.314 e. The van der Waals surface area contributed by atoms with Crippen LogP contribution in [0.1, 0.15) is 32.6 Å². The first kappa shape index (κ1) is 8.62. The summed E-state index contributed by atoms with van der Waals surface area (Å²) in [7, 11) is 0. The average Bonchev–Trinajstić information content (AvgIpc) is 2.72. The van der Waals surface area contributed by atoms with E-state index < -0.39 is 0 Å². The molecule has 1 fully saturated rings. The third-order valence-corrected chi connectivity index (χ3v) is 2.11. The summed E-state index contributed by atoms with van der Waals surface area (Å²) < 4.78 is 0. The molecule has 62 valence electrons. The molecule has 1 atom stereocenters. The number of terminal acetylenes is 1. The predicted octanol–water partition coefficient (Wildman–Crippen LogP) is 1.79. The number of hydrogen-bond donors (Lipinski definition) is 1. The summed E-state index contributed by atoms with van der Waals surface area (Å²) in [6.07, 6.45) is 10.1. The third kappa shape index (κ3) is 4.06. The van der Waals surface area contributed by atoms with Gasteiger partial charge in [0.25, 0.3) is 0 Å². The molecule has 1 nitrogen and oxygen atoms in total. The van der Waals surface area contributed by atoms with Crippen LogP contribution >= 0.6 is 0 Å². The Kier molecular flexibility index (Phi) is 3.45. The van der Waals surface area contributed by atoms with Crippen LogP contribution < -0.4 is 5.32 Å². The maximum Gasteiger partial charge on any atom is 0.0112 e. The Morgan fingerprint density at radius 2 is 2.36 bits per heavy atom. The zero-order chi connectivity index (χ0) is 8.10. The predicted molar refractivity (Wildman–Crippen MR) is 48.3 cm³/mol. The lowest BCUT2D eigenvalue weighted by Crippen LogP contribution is -2.19. The normalized spacial score (nSPS) is 19.3. The summed E-state index contributed by atoms with van der Waals surface area (Å²) in [5.41, 5.74) is 0. The lowest BCUT2D eigenvalue weighted by Gasteiger charge is -2.07. The third-order valence-electron chi connectivity index (χ3n) is 2.11. The first-order chi connectivity index (χ1) is 5.33. The first-order valence-electron chi connectivity index (χ1n) is 4.49. The molecule has 0 aromatic heterocycles. The van der Waals surface area contributed by atoms with Crippen molar-refractivity contribution in [3.63, 3.8) is 0 Å². The minimum Gasteiger partial charge on any atom is -0.314 e. The van der Waals surface area contributed by atoms with E-state index >= 15 is 0 Å². The minimum absolute atomic E-state index is 0.686. The number of nitrogens with one attached hydrogen (secondary N) is 1. The molecule has 1 aliphatic carbocycles. The van der Waals surface area contributed by atoms with Crippen LogP contribution in [0.4, 0.5) is 0 Å². The molecule has 11 heavy (non-hydrogen) atoms. The van der Waals surface area contributed by atoms with Crippen molar-refractivity contribution in [1.82, 2.24) is 5.32 Å². The van der Waals surface area contributed by atoms with Gasteiger partial charge < -0.3 is 5.32 Å². The Hall–Kier alpha value is -0.480. The minimum atomic E-state index is 0.686. The molecule has 0 amide bonds. The van der Waals surface area contributed by atoms with E-state index in [2.05, 4.69) is 18.2 Å². The van der Waals surface area contributed by atoms with Gasteiger partial charge in [0.15, 0.2) is 0 Å². The molecule has 0 aromatic rings. The number of rotatable bonds is 5. The molecule has 1 rings (SSSR count). The van der Waals surface area contributed by atoms with Crippen LogP contribution in [0.5, 0.6) is 0 Å². The highest BCUT2D eigenvalue weighted by Gasteiger charge is 2.19. The highest BCUT2D eigenvalue weighted by Crippen LogP contribution is 2.18. The molecule has 1 heteroatoms. The van der Waals surface area contributed by atoms with Gasteiger partial charge in [-0.15, -0.1) is 12.3 Å². The van der Waals surface area contributed by atoms with Gasteiger partial charge in [-0.1, -0.05) is 6.92 Å². The Bertz CT molecular complexity index is 141. The van der Waals surface area contributed by atoms with Crippen LogP contribution in [0.2, 0.25) is 0 Å². The van der Waals surface area contributed by atoms with Crippen LogP contribution in [0.3, 0.4) is 0 Å². The quantitative estimate of drug-likeness (QED) is 0.591. The fourth-order valence-corrected chi connectivity index (χ4v) is 1.12. The van der Waals surface area contributed by atoms with Gasteiger partial charge in [0.1, 0.15) is 0 Å². The summed E-state index contributed by atoms with van der Waals surface area (Å²) in [6, 6.07) is 0.841. The van der Waals surface area contributed by atoms with Crippen LogP contribution in [-0.4, -0.2) is 12.6 Å². The molecule has 1 unspecified atom stereocenters. The van der Waals surface area contributed by atoms with Gasteiger partial charge in [0.05, 0.1) is 0 Å². The Morgan fingerprint density at radius 3 is 2.91 bits per heavy atom. The maximum atomic E-state index is 5.20. The Balaban J connectivity index is 1.88. The van der Waals surface area contributed by atoms with E-state index in [1.165, 1.54) is 19.3 Å². The lowest BCUT2D eigenvalue weighted by molar-refractivity contribution is 0.510. The standard InChI is InChI=1S/C10H17N/c1-3-4-9(2)7-8-11-10-5-6-10/h1,9-11H,4-8H2,2H3. The van der Waals surface area contributed by atoms with Crippen molar-refractivity contribution in [3.05, 3.63) is 0 Å². The van der Waals surface area contributed by atoms with Crippen molar-refractivity contribution in [2.24, 2.45) is 5.92 Å². The van der Waals surface area contributed by atoms with Gasteiger partial charge >= 0.3 is 0 Å². The van der Waals surface area contributed by atoms with Gasteiger partial charge in [-0.05, 0) is 31.7 Å². The van der Waals surface area contributed by atoms with Gasteiger partial charge in [-0.25, -0.2) is 0 Å². The zero-order valence-corrected chi connectivity index (χ0v) is 7.27. The Morgan fingerprint density at radius 1 is 1.64 bits per heavy atom. The highest BCUT2D eigenvalue weighted by molar-refractivity contribution is 4.86. The van der Waals surface area contributed by atoms with E-state index in [0.717, 1.165) is 19.0 Å². The van der Waals surface area contributed by atoms with Gasteiger partial charge in [-0.3, -0.25) is 0 Å². The van der Waals surface area contributed by atoms with E-state index in [1.807, 2.05) is 0 Å². The lowest BCUT2D eigenvalue weighted by atomic mass is 10.1. The SMILES string of the molecule is C#CCC(C)CCNC1CC1.